The van der Waals surface area contributed by atoms with Crippen LogP contribution < -0.4 is 0 Å². The van der Waals surface area contributed by atoms with Crippen LogP contribution in [0.15, 0.2) is 37.5 Å². The van der Waals surface area contributed by atoms with Crippen LogP contribution in [0.1, 0.15) is 90.9 Å². The number of fused-ring (bicyclic) bond motifs is 1. The van der Waals surface area contributed by atoms with Crippen LogP contribution in [0, 0.1) is 0 Å². The second-order valence-electron chi connectivity index (χ2n) is 10.5. The smallest absolute Gasteiger partial charge is 0.222 e. The summed E-state index contributed by atoms with van der Waals surface area (Å²) in [6.45, 7) is 12.9. The zero-order chi connectivity index (χ0) is 26.6. The van der Waals surface area contributed by atoms with Crippen molar-refractivity contribution in [3.05, 3.63) is 37.5 Å². The first kappa shape index (κ1) is 30.3. The summed E-state index contributed by atoms with van der Waals surface area (Å²) in [4.78, 5) is 28.9. The molecule has 0 bridgehead atoms. The van der Waals surface area contributed by atoms with Crippen molar-refractivity contribution in [3.63, 3.8) is 0 Å². The number of amides is 2. The Morgan fingerprint density at radius 1 is 0.944 bits per heavy atom. The number of hydrogen-bond donors (Lipinski definition) is 0. The van der Waals surface area contributed by atoms with Crippen molar-refractivity contribution in [1.82, 2.24) is 14.7 Å². The molecule has 3 saturated heterocycles. The molecule has 36 heavy (non-hydrogen) atoms. The Hall–Kier alpha value is -1.95. The van der Waals surface area contributed by atoms with Gasteiger partial charge in [-0.15, -0.1) is 0 Å². The molecule has 2 saturated carbocycles. The number of carbonyl (C=O) groups is 2. The maximum absolute atomic E-state index is 13.0. The van der Waals surface area contributed by atoms with Crippen LogP contribution in [-0.4, -0.2) is 77.0 Å². The summed E-state index contributed by atoms with van der Waals surface area (Å²) >= 11 is 0. The van der Waals surface area contributed by atoms with Gasteiger partial charge in [0.05, 0.1) is 0 Å². The summed E-state index contributed by atoms with van der Waals surface area (Å²) in [5.41, 5.74) is 0.377. The van der Waals surface area contributed by atoms with E-state index in [1.54, 1.807) is 12.2 Å². The molecule has 1 spiro atoms. The molecule has 1 unspecified atom stereocenters. The SMILES string of the molecule is C=C/C=C\C=C.CC.CN(C1CC(F)C1)C1CCCC(=O)N2CCC[C@@H]2C1.O=CN1CCCC12CC2. The summed E-state index contributed by atoms with van der Waals surface area (Å²) in [6, 6.07) is 1.42. The molecule has 5 rings (SSSR count). The van der Waals surface area contributed by atoms with Gasteiger partial charge in [0.25, 0.3) is 0 Å². The predicted octanol–water partition coefficient (Wildman–Crippen LogP) is 6.06. The van der Waals surface area contributed by atoms with Gasteiger partial charge in [-0.1, -0.05) is 51.3 Å². The molecule has 0 aromatic heterocycles. The van der Waals surface area contributed by atoms with E-state index >= 15 is 0 Å². The van der Waals surface area contributed by atoms with Crippen LogP contribution in [0.25, 0.3) is 0 Å². The van der Waals surface area contributed by atoms with E-state index in [1.165, 1.54) is 25.7 Å². The van der Waals surface area contributed by atoms with Gasteiger partial charge in [0.1, 0.15) is 6.17 Å². The summed E-state index contributed by atoms with van der Waals surface area (Å²) in [6.07, 6.45) is 20.1. The average Bonchev–Trinajstić information content (AvgIpc) is 3.31. The minimum atomic E-state index is -0.578. The molecule has 204 valence electrons. The molecule has 3 heterocycles. The Kier molecular flexibility index (Phi) is 12.9. The highest BCUT2D eigenvalue weighted by Gasteiger charge is 2.50. The monoisotopic (exact) mass is 503 g/mol. The van der Waals surface area contributed by atoms with Gasteiger partial charge in [-0.25, -0.2) is 4.39 Å². The number of rotatable bonds is 5. The number of nitrogens with zero attached hydrogens (tertiary/aromatic N) is 3. The zero-order valence-electron chi connectivity index (χ0n) is 23.0. The number of carbonyl (C=O) groups excluding carboxylic acids is 2. The minimum absolute atomic E-state index is 0.357. The number of alkyl halides is 1. The lowest BCUT2D eigenvalue weighted by Gasteiger charge is -2.44. The van der Waals surface area contributed by atoms with Gasteiger partial charge in [-0.2, -0.15) is 0 Å². The molecule has 5 fully saturated rings. The molecule has 2 amide bonds. The van der Waals surface area contributed by atoms with E-state index in [4.69, 9.17) is 0 Å². The van der Waals surface area contributed by atoms with Gasteiger partial charge in [-0.3, -0.25) is 9.59 Å². The van der Waals surface area contributed by atoms with Gasteiger partial charge in [0.2, 0.25) is 12.3 Å². The fourth-order valence-electron chi connectivity index (χ4n) is 5.96. The number of halogens is 1. The molecular weight excluding hydrogens is 453 g/mol. The second-order valence-corrected chi connectivity index (χ2v) is 10.5. The molecule has 5 nitrogen and oxygen atoms in total. The molecule has 3 aliphatic heterocycles. The lowest BCUT2D eigenvalue weighted by Crippen LogP contribution is -2.51. The standard InChI is InChI=1S/C15H25FN2O.C7H11NO.C6H8.C2H6/c1-17(14-8-11(16)9-14)12-4-2-6-15(19)18-7-3-5-13(18)10-12;9-6-8-5-1-2-7(8)3-4-7;1-3-5-6-4-2;1-2/h11-14H,2-10H2,1H3;6H,1-5H2;3-6H,1-2H2;1-2H3/b;;6-5-;/t11?,12?,13-,14?;;;/m1.../s1. The number of allylic oxidation sites excluding steroid dienone is 4. The van der Waals surface area contributed by atoms with E-state index in [0.717, 1.165) is 51.6 Å². The first-order valence-corrected chi connectivity index (χ1v) is 14.2. The predicted molar refractivity (Wildman–Crippen MR) is 148 cm³/mol. The Bertz CT molecular complexity index is 720. The Labute approximate surface area is 219 Å². The van der Waals surface area contributed by atoms with Gasteiger partial charge in [0.15, 0.2) is 0 Å². The largest absolute Gasteiger partial charge is 0.340 e. The summed E-state index contributed by atoms with van der Waals surface area (Å²) < 4.78 is 13.0. The molecule has 6 heteroatoms. The molecule has 0 N–H and O–H groups in total. The van der Waals surface area contributed by atoms with Crippen LogP contribution in [0.4, 0.5) is 4.39 Å². The van der Waals surface area contributed by atoms with Gasteiger partial charge in [0, 0.05) is 43.2 Å². The normalized spacial score (nSPS) is 29.9. The third-order valence-electron chi connectivity index (χ3n) is 8.37. The van der Waals surface area contributed by atoms with Crippen LogP contribution >= 0.6 is 0 Å². The van der Waals surface area contributed by atoms with Crippen molar-refractivity contribution < 1.29 is 14.0 Å². The van der Waals surface area contributed by atoms with Crippen molar-refractivity contribution in [1.29, 1.82) is 0 Å². The first-order chi connectivity index (χ1) is 17.4. The average molecular weight is 504 g/mol. The van der Waals surface area contributed by atoms with E-state index in [0.29, 0.717) is 48.8 Å². The van der Waals surface area contributed by atoms with Gasteiger partial charge in [-0.05, 0) is 77.7 Å². The maximum atomic E-state index is 13.0. The van der Waals surface area contributed by atoms with Crippen LogP contribution in [-0.2, 0) is 9.59 Å². The molecular formula is C30H50FN3O2. The summed E-state index contributed by atoms with van der Waals surface area (Å²) in [5, 5.41) is 0. The zero-order valence-corrected chi connectivity index (χ0v) is 23.0. The van der Waals surface area contributed by atoms with E-state index < -0.39 is 6.17 Å². The van der Waals surface area contributed by atoms with E-state index in [-0.39, 0.29) is 0 Å². The number of hydrogen-bond acceptors (Lipinski definition) is 3. The van der Waals surface area contributed by atoms with Gasteiger partial charge >= 0.3 is 0 Å². The molecule has 0 aromatic carbocycles. The molecule has 5 aliphatic rings. The highest BCUT2D eigenvalue weighted by molar-refractivity contribution is 5.76. The minimum Gasteiger partial charge on any atom is -0.340 e. The first-order valence-electron chi connectivity index (χ1n) is 14.2. The lowest BCUT2D eigenvalue weighted by molar-refractivity contribution is -0.133. The Morgan fingerprint density at radius 3 is 2.14 bits per heavy atom. The summed E-state index contributed by atoms with van der Waals surface area (Å²) in [7, 11) is 2.16. The van der Waals surface area contributed by atoms with Crippen molar-refractivity contribution in [2.75, 3.05) is 20.1 Å². The third kappa shape index (κ3) is 8.29. The quantitative estimate of drug-likeness (QED) is 0.338. The van der Waals surface area contributed by atoms with E-state index in [2.05, 4.69) is 30.0 Å². The molecule has 0 aromatic rings. The lowest BCUT2D eigenvalue weighted by atomic mass is 9.86. The molecule has 2 aliphatic carbocycles. The van der Waals surface area contributed by atoms with E-state index in [9.17, 15) is 14.0 Å². The van der Waals surface area contributed by atoms with E-state index in [1.807, 2.05) is 30.9 Å². The summed E-state index contributed by atoms with van der Waals surface area (Å²) in [5.74, 6) is 0.357. The van der Waals surface area contributed by atoms with Crippen LogP contribution in [0.5, 0.6) is 0 Å². The van der Waals surface area contributed by atoms with Gasteiger partial charge < -0.3 is 14.7 Å². The van der Waals surface area contributed by atoms with Crippen molar-refractivity contribution in [2.45, 2.75) is 121 Å². The maximum Gasteiger partial charge on any atom is 0.222 e. The highest BCUT2D eigenvalue weighted by Crippen LogP contribution is 2.48. The van der Waals surface area contributed by atoms with Crippen molar-refractivity contribution >= 4 is 12.3 Å². The fourth-order valence-corrected chi connectivity index (χ4v) is 5.96. The second kappa shape index (κ2) is 15.3. The Morgan fingerprint density at radius 2 is 1.61 bits per heavy atom. The highest BCUT2D eigenvalue weighted by atomic mass is 19.1. The van der Waals surface area contributed by atoms with Crippen molar-refractivity contribution in [3.8, 4) is 0 Å². The van der Waals surface area contributed by atoms with Crippen LogP contribution in [0.3, 0.4) is 0 Å². The number of likely N-dealkylation sites (tertiary alicyclic amines) is 1. The van der Waals surface area contributed by atoms with Crippen molar-refractivity contribution in [2.24, 2.45) is 0 Å². The topological polar surface area (TPSA) is 43.9 Å². The molecule has 2 atom stereocenters. The fraction of sp³-hybridized carbons (Fsp3) is 0.733. The third-order valence-corrected chi connectivity index (χ3v) is 8.37. The van der Waals surface area contributed by atoms with Crippen LogP contribution in [0.2, 0.25) is 0 Å². The Balaban J connectivity index is 0.000000222. The molecule has 0 radical (unpaired) electrons.